The molecule has 0 radical (unpaired) electrons. The molecule has 1 heterocycles. The van der Waals surface area contributed by atoms with E-state index in [0.29, 0.717) is 0 Å². The van der Waals surface area contributed by atoms with Gasteiger partial charge in [-0.15, -0.1) is 11.6 Å². The van der Waals surface area contributed by atoms with Crippen LogP contribution in [0.4, 0.5) is 0 Å². The van der Waals surface area contributed by atoms with Gasteiger partial charge in [0.25, 0.3) is 0 Å². The van der Waals surface area contributed by atoms with Crippen LogP contribution in [0.15, 0.2) is 24.3 Å². The van der Waals surface area contributed by atoms with Gasteiger partial charge in [-0.25, -0.2) is 0 Å². The number of rotatable bonds is 3. The van der Waals surface area contributed by atoms with E-state index in [0.717, 1.165) is 6.54 Å². The molecule has 0 aliphatic carbocycles. The Morgan fingerprint density at radius 3 is 2.17 bits per heavy atom. The molecule has 0 spiro atoms. The molecule has 1 nitrogen and oxygen atoms in total. The molecule has 1 aliphatic rings. The summed E-state index contributed by atoms with van der Waals surface area (Å²) in [6.45, 7) is 10.1. The third-order valence-corrected chi connectivity index (χ3v) is 4.15. The second kappa shape index (κ2) is 5.63. The van der Waals surface area contributed by atoms with Gasteiger partial charge in [0, 0.05) is 6.54 Å². The first-order valence-corrected chi connectivity index (χ1v) is 7.37. The van der Waals surface area contributed by atoms with E-state index in [9.17, 15) is 0 Å². The van der Waals surface area contributed by atoms with E-state index in [-0.39, 0.29) is 10.8 Å². The van der Waals surface area contributed by atoms with Crippen LogP contribution in [0.1, 0.15) is 50.1 Å². The van der Waals surface area contributed by atoms with Gasteiger partial charge in [0.05, 0.1) is 5.38 Å². The van der Waals surface area contributed by atoms with Crippen molar-refractivity contribution >= 4 is 11.6 Å². The van der Waals surface area contributed by atoms with Crippen molar-refractivity contribution in [2.24, 2.45) is 0 Å². The minimum Gasteiger partial charge on any atom is -0.302 e. The Labute approximate surface area is 116 Å². The number of likely N-dealkylation sites (tertiary alicyclic amines) is 1. The Hall–Kier alpha value is -0.530. The molecule has 1 aliphatic heterocycles. The maximum Gasteiger partial charge on any atom is 0.0712 e. The van der Waals surface area contributed by atoms with E-state index in [4.69, 9.17) is 11.6 Å². The molecule has 0 saturated carbocycles. The van der Waals surface area contributed by atoms with E-state index in [1.54, 1.807) is 0 Å². The second-order valence-corrected chi connectivity index (χ2v) is 6.87. The van der Waals surface area contributed by atoms with Crippen LogP contribution in [-0.4, -0.2) is 24.5 Å². The highest BCUT2D eigenvalue weighted by atomic mass is 35.5. The van der Waals surface area contributed by atoms with Crippen LogP contribution < -0.4 is 0 Å². The molecule has 1 fully saturated rings. The van der Waals surface area contributed by atoms with Crippen LogP contribution in [0.5, 0.6) is 0 Å². The molecule has 1 aromatic carbocycles. The van der Waals surface area contributed by atoms with Crippen molar-refractivity contribution in [3.8, 4) is 0 Å². The maximum atomic E-state index is 6.51. The highest BCUT2D eigenvalue weighted by Crippen LogP contribution is 2.27. The molecule has 0 amide bonds. The third-order valence-electron chi connectivity index (χ3n) is 3.76. The Bertz CT molecular complexity index is 371. The van der Waals surface area contributed by atoms with Crippen molar-refractivity contribution in [1.29, 1.82) is 0 Å². The largest absolute Gasteiger partial charge is 0.302 e. The van der Waals surface area contributed by atoms with Crippen molar-refractivity contribution in [2.75, 3.05) is 19.6 Å². The summed E-state index contributed by atoms with van der Waals surface area (Å²) in [5, 5.41) is 0.122. The van der Waals surface area contributed by atoms with Crippen molar-refractivity contribution in [3.63, 3.8) is 0 Å². The fourth-order valence-corrected chi connectivity index (χ4v) is 2.83. The zero-order valence-corrected chi connectivity index (χ0v) is 12.5. The summed E-state index contributed by atoms with van der Waals surface area (Å²) in [6, 6.07) is 8.81. The summed E-state index contributed by atoms with van der Waals surface area (Å²) < 4.78 is 0. The summed E-state index contributed by atoms with van der Waals surface area (Å²) in [5.41, 5.74) is 2.84. The lowest BCUT2D eigenvalue weighted by atomic mass is 9.86. The molecular weight excluding hydrogens is 242 g/mol. The standard InChI is InChI=1S/C16H24ClN/c1-16(2,3)14-8-6-13(7-9-14)15(17)12-18-10-4-5-11-18/h6-9,15H,4-5,10-12H2,1-3H3. The molecule has 0 N–H and O–H groups in total. The number of benzene rings is 1. The smallest absolute Gasteiger partial charge is 0.0712 e. The first-order valence-electron chi connectivity index (χ1n) is 6.94. The van der Waals surface area contributed by atoms with Crippen LogP contribution in [-0.2, 0) is 5.41 Å². The minimum absolute atomic E-state index is 0.122. The molecule has 1 unspecified atom stereocenters. The van der Waals surface area contributed by atoms with E-state index < -0.39 is 0 Å². The number of halogens is 1. The van der Waals surface area contributed by atoms with Gasteiger partial charge in [-0.3, -0.25) is 0 Å². The van der Waals surface area contributed by atoms with E-state index in [2.05, 4.69) is 49.9 Å². The molecule has 2 rings (SSSR count). The average molecular weight is 266 g/mol. The van der Waals surface area contributed by atoms with Gasteiger partial charge < -0.3 is 4.90 Å². The topological polar surface area (TPSA) is 3.24 Å². The normalized spacial score (nSPS) is 19.1. The number of hydrogen-bond donors (Lipinski definition) is 0. The maximum absolute atomic E-state index is 6.51. The summed E-state index contributed by atoms with van der Waals surface area (Å²) in [4.78, 5) is 2.47. The number of alkyl halides is 1. The van der Waals surface area contributed by atoms with Crippen LogP contribution in [0, 0.1) is 0 Å². The molecule has 1 saturated heterocycles. The fraction of sp³-hybridized carbons (Fsp3) is 0.625. The van der Waals surface area contributed by atoms with Gasteiger partial charge in [0.2, 0.25) is 0 Å². The molecule has 1 aromatic rings. The Morgan fingerprint density at radius 2 is 1.67 bits per heavy atom. The van der Waals surface area contributed by atoms with Gasteiger partial charge >= 0.3 is 0 Å². The number of hydrogen-bond acceptors (Lipinski definition) is 1. The molecule has 2 heteroatoms. The Balaban J connectivity index is 2.00. The van der Waals surface area contributed by atoms with Gasteiger partial charge in [0.15, 0.2) is 0 Å². The van der Waals surface area contributed by atoms with E-state index in [1.807, 2.05) is 0 Å². The third kappa shape index (κ3) is 3.49. The lowest BCUT2D eigenvalue weighted by Gasteiger charge is -2.21. The highest BCUT2D eigenvalue weighted by molar-refractivity contribution is 6.21. The second-order valence-electron chi connectivity index (χ2n) is 6.35. The predicted octanol–water partition coefficient (Wildman–Crippen LogP) is 4.36. The van der Waals surface area contributed by atoms with Crippen molar-refractivity contribution in [2.45, 2.75) is 44.4 Å². The van der Waals surface area contributed by atoms with Crippen LogP contribution in [0.25, 0.3) is 0 Å². The molecule has 1 atom stereocenters. The van der Waals surface area contributed by atoms with E-state index in [1.165, 1.54) is 37.1 Å². The van der Waals surface area contributed by atoms with Gasteiger partial charge in [-0.1, -0.05) is 45.0 Å². The fourth-order valence-electron chi connectivity index (χ4n) is 2.49. The summed E-state index contributed by atoms with van der Waals surface area (Å²) >= 11 is 6.51. The van der Waals surface area contributed by atoms with Crippen LogP contribution in [0.2, 0.25) is 0 Å². The lowest BCUT2D eigenvalue weighted by Crippen LogP contribution is -2.23. The van der Waals surface area contributed by atoms with Crippen molar-refractivity contribution < 1.29 is 0 Å². The molecule has 18 heavy (non-hydrogen) atoms. The molecule has 0 aromatic heterocycles. The monoisotopic (exact) mass is 265 g/mol. The highest BCUT2D eigenvalue weighted by Gasteiger charge is 2.18. The van der Waals surface area contributed by atoms with Crippen LogP contribution >= 0.6 is 11.6 Å². The van der Waals surface area contributed by atoms with E-state index >= 15 is 0 Å². The zero-order valence-electron chi connectivity index (χ0n) is 11.7. The van der Waals surface area contributed by atoms with Gasteiger partial charge in [-0.2, -0.15) is 0 Å². The molecule has 100 valence electrons. The predicted molar refractivity (Wildman–Crippen MR) is 79.4 cm³/mol. The lowest BCUT2D eigenvalue weighted by molar-refractivity contribution is 0.339. The Morgan fingerprint density at radius 1 is 1.11 bits per heavy atom. The summed E-state index contributed by atoms with van der Waals surface area (Å²) in [5.74, 6) is 0. The molecule has 0 bridgehead atoms. The Kier molecular flexibility index (Phi) is 4.34. The minimum atomic E-state index is 0.122. The van der Waals surface area contributed by atoms with Crippen LogP contribution in [0.3, 0.4) is 0 Å². The van der Waals surface area contributed by atoms with Crippen molar-refractivity contribution in [1.82, 2.24) is 4.90 Å². The summed E-state index contributed by atoms with van der Waals surface area (Å²) in [7, 11) is 0. The quantitative estimate of drug-likeness (QED) is 0.734. The first kappa shape index (κ1) is 13.9. The SMILES string of the molecule is CC(C)(C)c1ccc(C(Cl)CN2CCCC2)cc1. The van der Waals surface area contributed by atoms with Gasteiger partial charge in [0.1, 0.15) is 0 Å². The molecular formula is C16H24ClN. The zero-order chi connectivity index (χ0) is 13.2. The average Bonchev–Trinajstić information content (AvgIpc) is 2.81. The number of nitrogens with zero attached hydrogens (tertiary/aromatic N) is 1. The first-order chi connectivity index (χ1) is 8.47. The summed E-state index contributed by atoms with van der Waals surface area (Å²) in [6.07, 6.45) is 2.65. The van der Waals surface area contributed by atoms with Gasteiger partial charge in [-0.05, 0) is 42.5 Å². The van der Waals surface area contributed by atoms with Crippen molar-refractivity contribution in [3.05, 3.63) is 35.4 Å².